The third-order valence-corrected chi connectivity index (χ3v) is 2.71. The number of nitrogens with zero attached hydrogens (tertiary/aromatic N) is 1. The normalized spacial score (nSPS) is 24.5. The van der Waals surface area contributed by atoms with E-state index in [0.717, 1.165) is 18.0 Å². The molecule has 1 aliphatic heterocycles. The average molecular weight is 213 g/mol. The number of fused-ring (bicyclic) bond motifs is 1. The minimum atomic E-state index is 0.170. The molecule has 0 unspecified atom stereocenters. The van der Waals surface area contributed by atoms with Crippen molar-refractivity contribution < 1.29 is 4.74 Å². The van der Waals surface area contributed by atoms with E-state index in [1.54, 1.807) is 6.20 Å². The molecule has 76 valence electrons. The maximum Gasteiger partial charge on any atom is 0.143 e. The molecular formula is C10H13ClN2O. The summed E-state index contributed by atoms with van der Waals surface area (Å²) in [6, 6.07) is 1.83. The second kappa shape index (κ2) is 3.75. The summed E-state index contributed by atoms with van der Waals surface area (Å²) >= 11 is 5.84. The Hall–Kier alpha value is -0.800. The largest absolute Gasteiger partial charge is 0.488 e. The van der Waals surface area contributed by atoms with Gasteiger partial charge in [-0.2, -0.15) is 0 Å². The van der Waals surface area contributed by atoms with Gasteiger partial charge in [-0.25, -0.2) is 0 Å². The highest BCUT2D eigenvalue weighted by Crippen LogP contribution is 2.37. The van der Waals surface area contributed by atoms with Crippen molar-refractivity contribution >= 4 is 11.6 Å². The maximum atomic E-state index is 5.84. The van der Waals surface area contributed by atoms with Crippen molar-refractivity contribution in [2.75, 3.05) is 13.6 Å². The Bertz CT molecular complexity index is 343. The van der Waals surface area contributed by atoms with E-state index in [-0.39, 0.29) is 6.10 Å². The Morgan fingerprint density at radius 3 is 3.14 bits per heavy atom. The summed E-state index contributed by atoms with van der Waals surface area (Å²) in [7, 11) is 1.93. The van der Waals surface area contributed by atoms with Crippen LogP contribution in [-0.2, 0) is 0 Å². The molecule has 0 fully saturated rings. The molecule has 0 bridgehead atoms. The van der Waals surface area contributed by atoms with Gasteiger partial charge in [0.2, 0.25) is 0 Å². The molecular weight excluding hydrogens is 200 g/mol. The number of hydrogen-bond acceptors (Lipinski definition) is 3. The molecule has 0 saturated carbocycles. The zero-order chi connectivity index (χ0) is 10.1. The standard InChI is InChI=1S/C10H13ClN2O/c1-6-8(5-12-2)10-9(14-6)3-7(11)4-13-10/h3-4,6,8,12H,5H2,1-2H3/t6-,8-/m1/s1. The molecule has 4 heteroatoms. The number of halogens is 1. The summed E-state index contributed by atoms with van der Waals surface area (Å²) in [6.45, 7) is 2.93. The van der Waals surface area contributed by atoms with Crippen molar-refractivity contribution in [2.45, 2.75) is 18.9 Å². The van der Waals surface area contributed by atoms with Crippen molar-refractivity contribution in [3.63, 3.8) is 0 Å². The van der Waals surface area contributed by atoms with Crippen molar-refractivity contribution in [3.8, 4) is 5.75 Å². The molecule has 2 rings (SSSR count). The van der Waals surface area contributed by atoms with Crippen LogP contribution in [0.3, 0.4) is 0 Å². The van der Waals surface area contributed by atoms with Gasteiger partial charge < -0.3 is 10.1 Å². The second-order valence-corrected chi connectivity index (χ2v) is 3.96. The Morgan fingerprint density at radius 1 is 1.64 bits per heavy atom. The molecule has 1 aromatic rings. The molecule has 2 heterocycles. The Balaban J connectivity index is 2.33. The third kappa shape index (κ3) is 1.57. The van der Waals surface area contributed by atoms with Gasteiger partial charge in [0.1, 0.15) is 11.9 Å². The highest BCUT2D eigenvalue weighted by Gasteiger charge is 2.32. The molecule has 0 amide bonds. The first kappa shape index (κ1) is 9.74. The monoisotopic (exact) mass is 212 g/mol. The first-order valence-corrected chi connectivity index (χ1v) is 5.07. The van der Waals surface area contributed by atoms with E-state index in [9.17, 15) is 0 Å². The van der Waals surface area contributed by atoms with E-state index >= 15 is 0 Å². The highest BCUT2D eigenvalue weighted by atomic mass is 35.5. The minimum absolute atomic E-state index is 0.170. The first-order valence-electron chi connectivity index (χ1n) is 4.69. The summed E-state index contributed by atoms with van der Waals surface area (Å²) < 4.78 is 5.67. The molecule has 1 aliphatic rings. The zero-order valence-corrected chi connectivity index (χ0v) is 9.01. The van der Waals surface area contributed by atoms with Gasteiger partial charge in [-0.1, -0.05) is 11.6 Å². The number of rotatable bonds is 2. The summed E-state index contributed by atoms with van der Waals surface area (Å²) in [6.07, 6.45) is 1.84. The van der Waals surface area contributed by atoms with Crippen LogP contribution in [0.1, 0.15) is 18.5 Å². The molecule has 3 nitrogen and oxygen atoms in total. The lowest BCUT2D eigenvalue weighted by atomic mass is 10.0. The van der Waals surface area contributed by atoms with Gasteiger partial charge in [-0.15, -0.1) is 0 Å². The van der Waals surface area contributed by atoms with Gasteiger partial charge in [0.05, 0.1) is 16.6 Å². The van der Waals surface area contributed by atoms with Crippen LogP contribution in [0, 0.1) is 0 Å². The van der Waals surface area contributed by atoms with E-state index < -0.39 is 0 Å². The van der Waals surface area contributed by atoms with Crippen molar-refractivity contribution in [1.29, 1.82) is 0 Å². The molecule has 0 spiro atoms. The fourth-order valence-corrected chi connectivity index (χ4v) is 1.94. The molecule has 0 radical (unpaired) electrons. The quantitative estimate of drug-likeness (QED) is 0.812. The summed E-state index contributed by atoms with van der Waals surface area (Å²) in [5.41, 5.74) is 1.01. The number of aromatic nitrogens is 1. The smallest absolute Gasteiger partial charge is 0.143 e. The van der Waals surface area contributed by atoms with Crippen LogP contribution in [0.4, 0.5) is 0 Å². The Morgan fingerprint density at radius 2 is 2.43 bits per heavy atom. The predicted molar refractivity (Wildman–Crippen MR) is 56.0 cm³/mol. The predicted octanol–water partition coefficient (Wildman–Crippen LogP) is 1.82. The number of likely N-dealkylation sites (N-methyl/N-ethyl adjacent to an activating group) is 1. The van der Waals surface area contributed by atoms with Crippen LogP contribution in [0.25, 0.3) is 0 Å². The topological polar surface area (TPSA) is 34.2 Å². The van der Waals surface area contributed by atoms with Gasteiger partial charge in [-0.05, 0) is 14.0 Å². The van der Waals surface area contributed by atoms with Crippen LogP contribution in [0.5, 0.6) is 5.75 Å². The van der Waals surface area contributed by atoms with E-state index in [2.05, 4.69) is 17.2 Å². The first-order chi connectivity index (χ1) is 6.72. The Kier molecular flexibility index (Phi) is 2.61. The van der Waals surface area contributed by atoms with E-state index in [1.165, 1.54) is 0 Å². The van der Waals surface area contributed by atoms with Gasteiger partial charge in [0, 0.05) is 18.8 Å². The number of hydrogen-bond donors (Lipinski definition) is 1. The van der Waals surface area contributed by atoms with Gasteiger partial charge in [-0.3, -0.25) is 4.98 Å². The van der Waals surface area contributed by atoms with E-state index in [1.807, 2.05) is 13.1 Å². The van der Waals surface area contributed by atoms with Crippen LogP contribution >= 0.6 is 11.6 Å². The van der Waals surface area contributed by atoms with Gasteiger partial charge >= 0.3 is 0 Å². The molecule has 1 aromatic heterocycles. The lowest BCUT2D eigenvalue weighted by Gasteiger charge is -2.12. The Labute approximate surface area is 88.4 Å². The minimum Gasteiger partial charge on any atom is -0.488 e. The maximum absolute atomic E-state index is 5.84. The number of ether oxygens (including phenoxy) is 1. The average Bonchev–Trinajstić information content (AvgIpc) is 2.43. The zero-order valence-electron chi connectivity index (χ0n) is 8.25. The van der Waals surface area contributed by atoms with Crippen molar-refractivity contribution in [3.05, 3.63) is 23.0 Å². The third-order valence-electron chi connectivity index (χ3n) is 2.50. The molecule has 14 heavy (non-hydrogen) atoms. The molecule has 0 aromatic carbocycles. The van der Waals surface area contributed by atoms with Crippen LogP contribution in [0.15, 0.2) is 12.3 Å². The van der Waals surface area contributed by atoms with Crippen LogP contribution in [-0.4, -0.2) is 24.7 Å². The van der Waals surface area contributed by atoms with Crippen molar-refractivity contribution in [2.24, 2.45) is 0 Å². The second-order valence-electron chi connectivity index (χ2n) is 3.52. The van der Waals surface area contributed by atoms with Gasteiger partial charge in [0.25, 0.3) is 0 Å². The SMILES string of the molecule is CNC[C@H]1c2ncc(Cl)cc2O[C@@H]1C. The number of nitrogens with one attached hydrogen (secondary N) is 1. The number of pyridine rings is 1. The molecule has 1 N–H and O–H groups in total. The lowest BCUT2D eigenvalue weighted by Crippen LogP contribution is -2.24. The summed E-state index contributed by atoms with van der Waals surface area (Å²) in [5.74, 6) is 1.15. The summed E-state index contributed by atoms with van der Waals surface area (Å²) in [4.78, 5) is 4.31. The fraction of sp³-hybridized carbons (Fsp3) is 0.500. The van der Waals surface area contributed by atoms with Crippen LogP contribution in [0.2, 0.25) is 5.02 Å². The molecule has 2 atom stereocenters. The highest BCUT2D eigenvalue weighted by molar-refractivity contribution is 6.30. The van der Waals surface area contributed by atoms with E-state index in [4.69, 9.17) is 16.3 Å². The fourth-order valence-electron chi connectivity index (χ4n) is 1.79. The summed E-state index contributed by atoms with van der Waals surface area (Å²) in [5, 5.41) is 3.77. The lowest BCUT2D eigenvalue weighted by molar-refractivity contribution is 0.225. The van der Waals surface area contributed by atoms with Gasteiger partial charge in [0.15, 0.2) is 0 Å². The van der Waals surface area contributed by atoms with E-state index in [0.29, 0.717) is 10.9 Å². The van der Waals surface area contributed by atoms with Crippen LogP contribution < -0.4 is 10.1 Å². The molecule has 0 saturated heterocycles. The molecule has 0 aliphatic carbocycles. The van der Waals surface area contributed by atoms with Crippen molar-refractivity contribution in [1.82, 2.24) is 10.3 Å².